The molecule has 0 saturated heterocycles. The zero-order valence-corrected chi connectivity index (χ0v) is 15.8. The minimum atomic E-state index is 0.494. The summed E-state index contributed by atoms with van der Waals surface area (Å²) >= 11 is 6.20. The predicted molar refractivity (Wildman–Crippen MR) is 107 cm³/mol. The molecule has 0 unspecified atom stereocenters. The molecule has 1 aliphatic rings. The van der Waals surface area contributed by atoms with E-state index >= 15 is 0 Å². The maximum atomic E-state index is 6.20. The van der Waals surface area contributed by atoms with Crippen molar-refractivity contribution in [2.45, 2.75) is 13.8 Å². The van der Waals surface area contributed by atoms with Gasteiger partial charge in [0.2, 0.25) is 5.95 Å². The van der Waals surface area contributed by atoms with Crippen molar-refractivity contribution in [2.24, 2.45) is 0 Å². The Kier molecular flexibility index (Phi) is 4.73. The van der Waals surface area contributed by atoms with Crippen LogP contribution in [0.25, 0.3) is 0 Å². The number of halogens is 1. The lowest BCUT2D eigenvalue weighted by atomic mass is 10.2. The normalized spacial score (nSPS) is 12.6. The largest absolute Gasteiger partial charge is 0.486 e. The number of hydrogen-bond acceptors (Lipinski definition) is 6. The number of ether oxygens (including phenoxy) is 2. The molecule has 0 aliphatic carbocycles. The third-order valence-electron chi connectivity index (χ3n) is 4.18. The third kappa shape index (κ3) is 3.90. The van der Waals surface area contributed by atoms with Crippen LogP contribution in [0.15, 0.2) is 42.5 Å². The number of aromatic nitrogens is 2. The van der Waals surface area contributed by atoms with Crippen LogP contribution in [0.3, 0.4) is 0 Å². The van der Waals surface area contributed by atoms with Crippen LogP contribution in [0.1, 0.15) is 11.3 Å². The van der Waals surface area contributed by atoms with Crippen molar-refractivity contribution in [3.05, 3.63) is 58.7 Å². The Balaban J connectivity index is 1.58. The summed E-state index contributed by atoms with van der Waals surface area (Å²) in [6.45, 7) is 5.00. The summed E-state index contributed by atoms with van der Waals surface area (Å²) in [5.74, 6) is 2.64. The van der Waals surface area contributed by atoms with Crippen LogP contribution >= 0.6 is 11.6 Å². The highest BCUT2D eigenvalue weighted by atomic mass is 35.5. The van der Waals surface area contributed by atoms with Gasteiger partial charge < -0.3 is 20.1 Å². The number of anilines is 4. The van der Waals surface area contributed by atoms with E-state index in [2.05, 4.69) is 20.6 Å². The molecule has 1 aromatic heterocycles. The van der Waals surface area contributed by atoms with Crippen molar-refractivity contribution < 1.29 is 9.47 Å². The topological polar surface area (TPSA) is 68.3 Å². The first-order chi connectivity index (χ1) is 13.1. The molecule has 7 heteroatoms. The van der Waals surface area contributed by atoms with Crippen LogP contribution in [0, 0.1) is 13.8 Å². The van der Waals surface area contributed by atoms with E-state index in [1.165, 1.54) is 0 Å². The molecule has 2 heterocycles. The van der Waals surface area contributed by atoms with E-state index in [4.69, 9.17) is 21.1 Å². The number of benzene rings is 2. The molecule has 4 rings (SSSR count). The van der Waals surface area contributed by atoms with Gasteiger partial charge in [-0.15, -0.1) is 0 Å². The minimum absolute atomic E-state index is 0.494. The van der Waals surface area contributed by atoms with Gasteiger partial charge in [-0.3, -0.25) is 0 Å². The zero-order valence-electron chi connectivity index (χ0n) is 15.0. The second-order valence-electron chi connectivity index (χ2n) is 6.24. The van der Waals surface area contributed by atoms with Gasteiger partial charge in [-0.2, -0.15) is 4.98 Å². The second kappa shape index (κ2) is 7.32. The van der Waals surface area contributed by atoms with Gasteiger partial charge in [-0.05, 0) is 43.7 Å². The molecule has 3 aromatic rings. The molecule has 0 saturated carbocycles. The minimum Gasteiger partial charge on any atom is -0.486 e. The highest BCUT2D eigenvalue weighted by molar-refractivity contribution is 6.31. The SMILES string of the molecule is Cc1cc(Nc2cccc(Cl)c2C)nc(Nc2ccc3c(c2)OCCO3)n1. The fraction of sp³-hybridized carbons (Fsp3) is 0.200. The van der Waals surface area contributed by atoms with Crippen LogP contribution in [0.2, 0.25) is 5.02 Å². The number of rotatable bonds is 4. The molecule has 0 bridgehead atoms. The van der Waals surface area contributed by atoms with E-state index in [9.17, 15) is 0 Å². The summed E-state index contributed by atoms with van der Waals surface area (Å²) < 4.78 is 11.2. The molecule has 0 atom stereocenters. The molecule has 2 N–H and O–H groups in total. The van der Waals surface area contributed by atoms with E-state index in [-0.39, 0.29) is 0 Å². The molecule has 2 aromatic carbocycles. The van der Waals surface area contributed by atoms with Gasteiger partial charge in [0.05, 0.1) is 0 Å². The lowest BCUT2D eigenvalue weighted by molar-refractivity contribution is 0.171. The Morgan fingerprint density at radius 2 is 1.74 bits per heavy atom. The van der Waals surface area contributed by atoms with Gasteiger partial charge in [0, 0.05) is 34.2 Å². The Morgan fingerprint density at radius 3 is 2.59 bits per heavy atom. The number of nitrogens with zero attached hydrogens (tertiary/aromatic N) is 2. The zero-order chi connectivity index (χ0) is 18.8. The molecule has 0 radical (unpaired) electrons. The summed E-state index contributed by atoms with van der Waals surface area (Å²) in [6.07, 6.45) is 0. The van der Waals surface area contributed by atoms with Crippen molar-refractivity contribution >= 4 is 34.7 Å². The number of aryl methyl sites for hydroxylation is 1. The second-order valence-corrected chi connectivity index (χ2v) is 6.65. The highest BCUT2D eigenvalue weighted by Crippen LogP contribution is 2.33. The first kappa shape index (κ1) is 17.4. The van der Waals surface area contributed by atoms with E-state index in [0.717, 1.165) is 28.4 Å². The lowest BCUT2D eigenvalue weighted by Gasteiger charge is -2.19. The van der Waals surface area contributed by atoms with Gasteiger partial charge >= 0.3 is 0 Å². The monoisotopic (exact) mass is 382 g/mol. The van der Waals surface area contributed by atoms with E-state index in [1.54, 1.807) is 0 Å². The van der Waals surface area contributed by atoms with E-state index in [1.807, 2.05) is 56.3 Å². The maximum absolute atomic E-state index is 6.20. The summed E-state index contributed by atoms with van der Waals surface area (Å²) in [7, 11) is 0. The van der Waals surface area contributed by atoms with E-state index in [0.29, 0.717) is 35.8 Å². The van der Waals surface area contributed by atoms with Gasteiger partial charge in [0.25, 0.3) is 0 Å². The first-order valence-corrected chi connectivity index (χ1v) is 9.01. The number of hydrogen-bond donors (Lipinski definition) is 2. The molecule has 138 valence electrons. The van der Waals surface area contributed by atoms with Crippen LogP contribution in [0.5, 0.6) is 11.5 Å². The molecular formula is C20H19ClN4O2. The van der Waals surface area contributed by atoms with Crippen molar-refractivity contribution in [3.63, 3.8) is 0 Å². The van der Waals surface area contributed by atoms with Crippen LogP contribution in [0.4, 0.5) is 23.1 Å². The Bertz CT molecular complexity index is 994. The average molecular weight is 383 g/mol. The fourth-order valence-electron chi connectivity index (χ4n) is 2.82. The smallest absolute Gasteiger partial charge is 0.229 e. The number of fused-ring (bicyclic) bond motifs is 1. The van der Waals surface area contributed by atoms with Crippen LogP contribution in [-0.4, -0.2) is 23.2 Å². The van der Waals surface area contributed by atoms with Crippen LogP contribution in [-0.2, 0) is 0 Å². The van der Waals surface area contributed by atoms with Crippen molar-refractivity contribution in [1.82, 2.24) is 9.97 Å². The van der Waals surface area contributed by atoms with Crippen molar-refractivity contribution in [3.8, 4) is 11.5 Å². The lowest BCUT2D eigenvalue weighted by Crippen LogP contribution is -2.15. The highest BCUT2D eigenvalue weighted by Gasteiger charge is 2.13. The Labute approximate surface area is 162 Å². The quantitative estimate of drug-likeness (QED) is 0.661. The Morgan fingerprint density at radius 1 is 0.926 bits per heavy atom. The predicted octanol–water partition coefficient (Wildman–Crippen LogP) is 5.01. The molecule has 27 heavy (non-hydrogen) atoms. The average Bonchev–Trinajstić information content (AvgIpc) is 2.65. The van der Waals surface area contributed by atoms with Crippen LogP contribution < -0.4 is 20.1 Å². The van der Waals surface area contributed by atoms with Gasteiger partial charge in [0.1, 0.15) is 19.0 Å². The summed E-state index contributed by atoms with van der Waals surface area (Å²) in [5, 5.41) is 7.24. The van der Waals surface area contributed by atoms with Gasteiger partial charge in [-0.1, -0.05) is 17.7 Å². The molecule has 1 aliphatic heterocycles. The molecular weight excluding hydrogens is 364 g/mol. The molecule has 0 fully saturated rings. The van der Waals surface area contributed by atoms with Crippen molar-refractivity contribution in [1.29, 1.82) is 0 Å². The Hall–Kier alpha value is -2.99. The fourth-order valence-corrected chi connectivity index (χ4v) is 2.99. The molecule has 0 spiro atoms. The summed E-state index contributed by atoms with van der Waals surface area (Å²) in [6, 6.07) is 13.3. The first-order valence-electron chi connectivity index (χ1n) is 8.63. The molecule has 0 amide bonds. The summed E-state index contributed by atoms with van der Waals surface area (Å²) in [4.78, 5) is 9.02. The van der Waals surface area contributed by atoms with Crippen molar-refractivity contribution in [2.75, 3.05) is 23.8 Å². The van der Waals surface area contributed by atoms with Gasteiger partial charge in [0.15, 0.2) is 11.5 Å². The van der Waals surface area contributed by atoms with E-state index < -0.39 is 0 Å². The van der Waals surface area contributed by atoms with Gasteiger partial charge in [-0.25, -0.2) is 4.98 Å². The third-order valence-corrected chi connectivity index (χ3v) is 4.59. The summed E-state index contributed by atoms with van der Waals surface area (Å²) in [5.41, 5.74) is 3.55. The standard InChI is InChI=1S/C20H19ClN4O2/c1-12-10-19(24-16-5-3-4-15(21)13(16)2)25-20(22-12)23-14-6-7-17-18(11-14)27-9-8-26-17/h3-7,10-11H,8-9H2,1-2H3,(H2,22,23,24,25). The maximum Gasteiger partial charge on any atom is 0.229 e. The molecule has 6 nitrogen and oxygen atoms in total. The number of nitrogens with one attached hydrogen (secondary N) is 2.